The second-order valence-corrected chi connectivity index (χ2v) is 18.8. The van der Waals surface area contributed by atoms with Crippen molar-refractivity contribution >= 4 is 54.5 Å². The Kier molecular flexibility index (Phi) is 10.0. The van der Waals surface area contributed by atoms with E-state index in [1.807, 2.05) is 24.3 Å². The van der Waals surface area contributed by atoms with Crippen LogP contribution in [0.15, 0.2) is 101 Å². The first-order chi connectivity index (χ1) is 25.8. The van der Waals surface area contributed by atoms with Gasteiger partial charge in [0.25, 0.3) is 0 Å². The third kappa shape index (κ3) is 7.39. The van der Waals surface area contributed by atoms with Gasteiger partial charge < -0.3 is 19.7 Å². The molecule has 2 fully saturated rings. The molecule has 0 amide bonds. The van der Waals surface area contributed by atoms with Gasteiger partial charge in [-0.15, -0.1) is 0 Å². The van der Waals surface area contributed by atoms with Crippen LogP contribution in [-0.2, 0) is 37.0 Å². The second kappa shape index (κ2) is 14.4. The zero-order valence-electron chi connectivity index (χ0n) is 30.2. The Balaban J connectivity index is 0.000000153. The Morgan fingerprint density at radius 3 is 1.15 bits per heavy atom. The summed E-state index contributed by atoms with van der Waals surface area (Å²) in [7, 11) is -9.20. The predicted octanol–water partition coefficient (Wildman–Crippen LogP) is 4.70. The number of allylic oxidation sites excluding steroid dienone is 12. The van der Waals surface area contributed by atoms with Crippen LogP contribution in [0.3, 0.4) is 0 Å². The van der Waals surface area contributed by atoms with Crippen molar-refractivity contribution in [2.45, 2.75) is 125 Å². The number of hydrogen-bond donors (Lipinski definition) is 2. The minimum atomic E-state index is -4.60. The molecule has 2 N–H and O–H groups in total. The molecule has 1 radical (unpaired) electrons. The van der Waals surface area contributed by atoms with Crippen LogP contribution < -0.4 is 10.6 Å². The Morgan fingerprint density at radius 2 is 0.800 bits per heavy atom. The van der Waals surface area contributed by atoms with E-state index >= 15 is 0 Å². The molecule has 10 heterocycles. The van der Waals surface area contributed by atoms with E-state index in [1.165, 1.54) is 0 Å². The van der Waals surface area contributed by atoms with Crippen LogP contribution in [0.2, 0.25) is 0 Å². The average molecular weight is 830 g/mol. The molecule has 2 saturated heterocycles. The van der Waals surface area contributed by atoms with Crippen molar-refractivity contribution in [1.82, 2.24) is 10.6 Å². The first-order valence-electron chi connectivity index (χ1n) is 19.0. The van der Waals surface area contributed by atoms with E-state index in [0.717, 1.165) is 108 Å². The number of rotatable bonds is 2. The Hall–Kier alpha value is -3.61. The van der Waals surface area contributed by atoms with Crippen LogP contribution in [0.25, 0.3) is 0 Å². The van der Waals surface area contributed by atoms with Crippen LogP contribution in [0.1, 0.15) is 103 Å². The molecule has 14 nitrogen and oxygen atoms in total. The number of hydrogen-bond acceptors (Lipinski definition) is 14. The molecule has 0 aromatic carbocycles. The van der Waals surface area contributed by atoms with Gasteiger partial charge >= 0.3 is 16.8 Å². The summed E-state index contributed by atoms with van der Waals surface area (Å²) in [6.07, 6.45) is 22.7. The van der Waals surface area contributed by atoms with E-state index in [-0.39, 0.29) is 29.6 Å². The maximum Gasteiger partial charge on any atom is 2.00 e. The van der Waals surface area contributed by atoms with Crippen LogP contribution in [0.4, 0.5) is 0 Å². The molecule has 10 aliphatic rings. The van der Waals surface area contributed by atoms with Gasteiger partial charge in [0.15, 0.2) is 9.74 Å². The summed E-state index contributed by atoms with van der Waals surface area (Å²) >= 11 is 0. The molecular formula is C38H42CoN8O6S2. The number of nitrogens with zero attached hydrogens (tertiary/aromatic N) is 6. The van der Waals surface area contributed by atoms with E-state index in [2.05, 4.69) is 42.8 Å². The summed E-state index contributed by atoms with van der Waals surface area (Å²) in [5.74, 6) is 0. The van der Waals surface area contributed by atoms with E-state index in [0.29, 0.717) is 49.9 Å². The third-order valence-electron chi connectivity index (χ3n) is 11.9. The van der Waals surface area contributed by atoms with E-state index in [9.17, 15) is 25.9 Å². The van der Waals surface area contributed by atoms with Crippen LogP contribution in [-0.4, -0.2) is 82.0 Å². The van der Waals surface area contributed by atoms with Crippen LogP contribution in [0, 0.1) is 0 Å². The van der Waals surface area contributed by atoms with Crippen molar-refractivity contribution in [2.75, 3.05) is 0 Å². The minimum absolute atomic E-state index is 0. The molecule has 0 saturated carbocycles. The Morgan fingerprint density at radius 1 is 0.473 bits per heavy atom. The number of nitrogens with one attached hydrogen (secondary N) is 2. The first kappa shape index (κ1) is 38.3. The molecule has 4 unspecified atom stereocenters. The van der Waals surface area contributed by atoms with Crippen molar-refractivity contribution in [3.63, 3.8) is 0 Å². The summed E-state index contributed by atoms with van der Waals surface area (Å²) in [6, 6.07) is -0.987. The average Bonchev–Trinajstić information content (AvgIpc) is 3.95. The third-order valence-corrected chi connectivity index (χ3v) is 14.8. The summed E-state index contributed by atoms with van der Waals surface area (Å²) in [5, 5.41) is 6.55. The van der Waals surface area contributed by atoms with Gasteiger partial charge in [0.2, 0.25) is 0 Å². The fourth-order valence-electron chi connectivity index (χ4n) is 9.20. The van der Waals surface area contributed by atoms with E-state index in [4.69, 9.17) is 9.98 Å². The molecule has 10 aliphatic heterocycles. The summed E-state index contributed by atoms with van der Waals surface area (Å²) < 4.78 is 73.4. The summed E-state index contributed by atoms with van der Waals surface area (Å²) in [6.45, 7) is 0. The Labute approximate surface area is 331 Å². The predicted molar refractivity (Wildman–Crippen MR) is 206 cm³/mol. The Bertz CT molecular complexity index is 2170. The second-order valence-electron chi connectivity index (χ2n) is 15.6. The topological polar surface area (TPSA) is 213 Å². The van der Waals surface area contributed by atoms with Crippen molar-refractivity contribution in [1.29, 1.82) is 0 Å². The van der Waals surface area contributed by atoms with Gasteiger partial charge in [0.1, 0.15) is 20.2 Å². The standard InChI is InChI=1S/2C19H22N4O3S.Co/c2*24-27(25,26)19-8-7-17(23-19)11-15-4-3-13(21-15)9-12-1-2-14(20-12)10-16-5-6-18(19)22-16;/h2*9-11,18,22H,1-8H2,(H,24,25,26);/q;;+2/p-2. The van der Waals surface area contributed by atoms with E-state index in [1.54, 1.807) is 0 Å². The number of aliphatic imine (C=N–C) groups is 6. The fourth-order valence-corrected chi connectivity index (χ4v) is 11.4. The van der Waals surface area contributed by atoms with Crippen molar-refractivity contribution < 1.29 is 42.7 Å². The smallest absolute Gasteiger partial charge is 0.746 e. The monoisotopic (exact) mass is 829 g/mol. The zero-order chi connectivity index (χ0) is 37.3. The van der Waals surface area contributed by atoms with Gasteiger partial charge in [0, 0.05) is 68.5 Å². The maximum atomic E-state index is 12.2. The molecule has 16 bridgehead atoms. The van der Waals surface area contributed by atoms with Gasteiger partial charge in [-0.1, -0.05) is 0 Å². The molecule has 0 aromatic heterocycles. The molecule has 0 spiro atoms. The van der Waals surface area contributed by atoms with E-state index < -0.39 is 42.1 Å². The molecule has 4 atom stereocenters. The van der Waals surface area contributed by atoms with Gasteiger partial charge in [0.05, 0.1) is 12.1 Å². The van der Waals surface area contributed by atoms with Crippen LogP contribution >= 0.6 is 0 Å². The van der Waals surface area contributed by atoms with Gasteiger partial charge in [-0.3, -0.25) is 30.0 Å². The molecule has 0 aromatic rings. The quantitative estimate of drug-likeness (QED) is 0.372. The van der Waals surface area contributed by atoms with Gasteiger partial charge in [-0.25, -0.2) is 16.8 Å². The fraction of sp³-hybridized carbons (Fsp3) is 0.526. The summed E-state index contributed by atoms with van der Waals surface area (Å²) in [4.78, 5) is 24.4. The van der Waals surface area contributed by atoms with Crippen molar-refractivity contribution in [3.05, 3.63) is 70.6 Å². The summed E-state index contributed by atoms with van der Waals surface area (Å²) in [5.41, 5.74) is 11.1. The van der Waals surface area contributed by atoms with Crippen molar-refractivity contribution in [3.8, 4) is 0 Å². The SMILES string of the molecule is O=S(=O)([O-])C12CCC(=N1)C=C1CCC(=N1)C=C1CCC(=N1)C=C1CCC2N1.O=S(=O)([O-])C12CCC(=N1)C=C1CCC(=N1)C=C1CCC(=N1)C=C1CCC2N1.[Co+2]. The first-order valence-corrected chi connectivity index (χ1v) is 21.8. The molecular weight excluding hydrogens is 788 g/mol. The molecule has 55 heavy (non-hydrogen) atoms. The van der Waals surface area contributed by atoms with Gasteiger partial charge in [-0.05, 0) is 139 Å². The molecule has 17 heteroatoms. The van der Waals surface area contributed by atoms with Crippen molar-refractivity contribution in [2.24, 2.45) is 30.0 Å². The molecule has 10 rings (SSSR count). The zero-order valence-corrected chi connectivity index (χ0v) is 32.9. The normalized spacial score (nSPS) is 31.8. The van der Waals surface area contributed by atoms with Crippen LogP contribution in [0.5, 0.6) is 0 Å². The molecule has 0 aliphatic carbocycles. The number of fused-ring (bicyclic) bond motifs is 12. The minimum Gasteiger partial charge on any atom is -0.746 e. The molecule has 291 valence electrons. The maximum absolute atomic E-state index is 12.2. The largest absolute Gasteiger partial charge is 2.00 e. The van der Waals surface area contributed by atoms with Gasteiger partial charge in [-0.2, -0.15) is 0 Å².